The summed E-state index contributed by atoms with van der Waals surface area (Å²) in [6.07, 6.45) is 2.09. The molecule has 1 aromatic heterocycles. The molecule has 4 heteroatoms. The Bertz CT molecular complexity index is 517. The van der Waals surface area contributed by atoms with Crippen molar-refractivity contribution in [3.8, 4) is 11.5 Å². The summed E-state index contributed by atoms with van der Waals surface area (Å²) in [7, 11) is 0. The van der Waals surface area contributed by atoms with E-state index in [4.69, 9.17) is 9.47 Å². The molecule has 0 spiro atoms. The molecule has 2 aromatic rings. The monoisotopic (exact) mass is 290 g/mol. The third-order valence-electron chi connectivity index (χ3n) is 2.73. The number of hydrogen-bond acceptors (Lipinski definition) is 4. The molecule has 0 N–H and O–H groups in total. The Labute approximate surface area is 123 Å². The summed E-state index contributed by atoms with van der Waals surface area (Å²) in [4.78, 5) is 11.7. The molecular formula is C16H18O3S. The number of rotatable bonds is 7. The summed E-state index contributed by atoms with van der Waals surface area (Å²) in [5.41, 5.74) is 1.18. The lowest BCUT2D eigenvalue weighted by Gasteiger charge is -2.06. The summed E-state index contributed by atoms with van der Waals surface area (Å²) >= 11 is 1.64. The van der Waals surface area contributed by atoms with Crippen LogP contribution in [0.2, 0.25) is 0 Å². The molecule has 0 saturated heterocycles. The van der Waals surface area contributed by atoms with Crippen molar-refractivity contribution in [2.75, 3.05) is 6.61 Å². The first-order valence-corrected chi connectivity index (χ1v) is 7.67. The van der Waals surface area contributed by atoms with Crippen LogP contribution in [0.5, 0.6) is 11.5 Å². The smallest absolute Gasteiger partial charge is 0.311 e. The van der Waals surface area contributed by atoms with E-state index in [1.807, 2.05) is 29.0 Å². The van der Waals surface area contributed by atoms with E-state index in [1.165, 1.54) is 5.56 Å². The molecule has 0 unspecified atom stereocenters. The van der Waals surface area contributed by atoms with Crippen molar-refractivity contribution >= 4 is 17.3 Å². The first-order chi connectivity index (χ1) is 9.78. The van der Waals surface area contributed by atoms with E-state index in [0.717, 1.165) is 18.6 Å². The number of ether oxygens (including phenoxy) is 2. The van der Waals surface area contributed by atoms with Gasteiger partial charge in [0.1, 0.15) is 11.5 Å². The van der Waals surface area contributed by atoms with Crippen LogP contribution in [0.4, 0.5) is 0 Å². The fraction of sp³-hybridized carbons (Fsp3) is 0.312. The van der Waals surface area contributed by atoms with Gasteiger partial charge in [-0.25, -0.2) is 0 Å². The molecule has 0 amide bonds. The van der Waals surface area contributed by atoms with Crippen LogP contribution in [0.15, 0.2) is 41.1 Å². The predicted octanol–water partition coefficient (Wildman–Crippen LogP) is 4.08. The van der Waals surface area contributed by atoms with Crippen molar-refractivity contribution in [1.82, 2.24) is 0 Å². The van der Waals surface area contributed by atoms with Gasteiger partial charge >= 0.3 is 5.97 Å². The second-order valence-electron chi connectivity index (χ2n) is 4.43. The quantitative estimate of drug-likeness (QED) is 0.569. The zero-order valence-corrected chi connectivity index (χ0v) is 12.3. The fourth-order valence-corrected chi connectivity index (χ4v) is 2.39. The highest BCUT2D eigenvalue weighted by atomic mass is 32.1. The molecule has 0 atom stereocenters. The van der Waals surface area contributed by atoms with Crippen LogP contribution in [0.1, 0.15) is 25.3 Å². The average molecular weight is 290 g/mol. The third kappa shape index (κ3) is 4.70. The lowest BCUT2D eigenvalue weighted by atomic mass is 10.2. The van der Waals surface area contributed by atoms with Gasteiger partial charge in [-0.3, -0.25) is 4.79 Å². The van der Waals surface area contributed by atoms with Gasteiger partial charge in [-0.15, -0.1) is 0 Å². The molecule has 106 valence electrons. The summed E-state index contributed by atoms with van der Waals surface area (Å²) < 4.78 is 10.8. The van der Waals surface area contributed by atoms with Gasteiger partial charge in [-0.2, -0.15) is 11.3 Å². The number of carbonyl (C=O) groups is 1. The van der Waals surface area contributed by atoms with Crippen LogP contribution in [0.25, 0.3) is 0 Å². The van der Waals surface area contributed by atoms with Crippen molar-refractivity contribution in [1.29, 1.82) is 0 Å². The number of thiophene rings is 1. The van der Waals surface area contributed by atoms with Crippen LogP contribution in [0.3, 0.4) is 0 Å². The third-order valence-corrected chi connectivity index (χ3v) is 3.46. The van der Waals surface area contributed by atoms with E-state index in [1.54, 1.807) is 23.5 Å². The summed E-state index contributed by atoms with van der Waals surface area (Å²) in [6.45, 7) is 2.75. The van der Waals surface area contributed by atoms with Crippen molar-refractivity contribution in [2.45, 2.75) is 26.2 Å². The maximum Gasteiger partial charge on any atom is 0.311 e. The van der Waals surface area contributed by atoms with Crippen LogP contribution < -0.4 is 9.47 Å². The summed E-state index contributed by atoms with van der Waals surface area (Å²) in [5, 5.41) is 4.06. The van der Waals surface area contributed by atoms with Crippen LogP contribution in [-0.4, -0.2) is 12.6 Å². The zero-order valence-electron chi connectivity index (χ0n) is 11.5. The Balaban J connectivity index is 1.78. The molecule has 0 aliphatic rings. The zero-order chi connectivity index (χ0) is 14.2. The Hall–Kier alpha value is -1.81. The second kappa shape index (κ2) is 7.70. The van der Waals surface area contributed by atoms with Crippen LogP contribution in [0, 0.1) is 0 Å². The predicted molar refractivity (Wildman–Crippen MR) is 80.5 cm³/mol. The molecule has 0 bridgehead atoms. The minimum absolute atomic E-state index is 0.210. The standard InChI is InChI=1S/C16H18O3S/c1-2-10-18-14-4-6-15(7-5-14)19-16(17)8-3-13-9-11-20-12-13/h4-7,9,11-12H,2-3,8,10H2,1H3. The maximum atomic E-state index is 11.7. The van der Waals surface area contributed by atoms with Gasteiger partial charge in [-0.05, 0) is 59.5 Å². The van der Waals surface area contributed by atoms with E-state index in [-0.39, 0.29) is 5.97 Å². The van der Waals surface area contributed by atoms with Crippen LogP contribution in [-0.2, 0) is 11.2 Å². The number of hydrogen-bond donors (Lipinski definition) is 0. The lowest BCUT2D eigenvalue weighted by molar-refractivity contribution is -0.134. The first-order valence-electron chi connectivity index (χ1n) is 6.72. The largest absolute Gasteiger partial charge is 0.494 e. The van der Waals surface area contributed by atoms with Gasteiger partial charge in [0, 0.05) is 0 Å². The molecule has 3 nitrogen and oxygen atoms in total. The van der Waals surface area contributed by atoms with E-state index in [0.29, 0.717) is 18.8 Å². The number of benzene rings is 1. The van der Waals surface area contributed by atoms with E-state index < -0.39 is 0 Å². The van der Waals surface area contributed by atoms with Crippen molar-refractivity contribution in [3.05, 3.63) is 46.7 Å². The molecule has 0 aliphatic heterocycles. The highest BCUT2D eigenvalue weighted by Gasteiger charge is 2.06. The highest BCUT2D eigenvalue weighted by Crippen LogP contribution is 2.18. The van der Waals surface area contributed by atoms with Crippen molar-refractivity contribution in [2.24, 2.45) is 0 Å². The SMILES string of the molecule is CCCOc1ccc(OC(=O)CCc2ccsc2)cc1. The van der Waals surface area contributed by atoms with Crippen molar-refractivity contribution in [3.63, 3.8) is 0 Å². The van der Waals surface area contributed by atoms with E-state index in [2.05, 4.69) is 6.92 Å². The van der Waals surface area contributed by atoms with Gasteiger partial charge in [0.25, 0.3) is 0 Å². The molecule has 0 fully saturated rings. The van der Waals surface area contributed by atoms with Gasteiger partial charge in [0.15, 0.2) is 0 Å². The minimum atomic E-state index is -0.210. The molecule has 1 aromatic carbocycles. The summed E-state index contributed by atoms with van der Waals surface area (Å²) in [5.74, 6) is 1.15. The van der Waals surface area contributed by atoms with Crippen LogP contribution >= 0.6 is 11.3 Å². The molecule has 0 aliphatic carbocycles. The first kappa shape index (κ1) is 14.6. The minimum Gasteiger partial charge on any atom is -0.494 e. The molecule has 20 heavy (non-hydrogen) atoms. The van der Waals surface area contributed by atoms with E-state index in [9.17, 15) is 4.79 Å². The molecule has 1 heterocycles. The molecular weight excluding hydrogens is 272 g/mol. The maximum absolute atomic E-state index is 11.7. The topological polar surface area (TPSA) is 35.5 Å². The number of aryl methyl sites for hydroxylation is 1. The second-order valence-corrected chi connectivity index (χ2v) is 5.21. The molecule has 2 rings (SSSR count). The van der Waals surface area contributed by atoms with Crippen molar-refractivity contribution < 1.29 is 14.3 Å². The lowest BCUT2D eigenvalue weighted by Crippen LogP contribution is -2.08. The molecule has 0 saturated carbocycles. The Morgan fingerprint density at radius 1 is 1.15 bits per heavy atom. The van der Waals surface area contributed by atoms with Gasteiger partial charge < -0.3 is 9.47 Å². The average Bonchev–Trinajstić information content (AvgIpc) is 2.98. The van der Waals surface area contributed by atoms with Gasteiger partial charge in [-0.1, -0.05) is 6.92 Å². The Kier molecular flexibility index (Phi) is 5.62. The normalized spacial score (nSPS) is 10.2. The number of carbonyl (C=O) groups excluding carboxylic acids is 1. The number of esters is 1. The van der Waals surface area contributed by atoms with Gasteiger partial charge in [0.05, 0.1) is 13.0 Å². The highest BCUT2D eigenvalue weighted by molar-refractivity contribution is 7.07. The van der Waals surface area contributed by atoms with E-state index >= 15 is 0 Å². The summed E-state index contributed by atoms with van der Waals surface area (Å²) in [6, 6.07) is 9.17. The Morgan fingerprint density at radius 2 is 1.90 bits per heavy atom. The Morgan fingerprint density at radius 3 is 2.55 bits per heavy atom. The molecule has 0 radical (unpaired) electrons. The van der Waals surface area contributed by atoms with Gasteiger partial charge in [0.2, 0.25) is 0 Å². The fourth-order valence-electron chi connectivity index (χ4n) is 1.69.